The zero-order valence-corrected chi connectivity index (χ0v) is 10.4. The number of methoxy groups -OCH3 is 1. The first-order chi connectivity index (χ1) is 7.67. The topological polar surface area (TPSA) is 29.5 Å². The van der Waals surface area contributed by atoms with Crippen molar-refractivity contribution in [3.05, 3.63) is 29.6 Å². The predicted molar refractivity (Wildman–Crippen MR) is 65.4 cm³/mol. The Bertz CT molecular complexity index is 331. The summed E-state index contributed by atoms with van der Waals surface area (Å²) in [5.74, 6) is 1.17. The van der Waals surface area contributed by atoms with Gasteiger partial charge in [0.1, 0.15) is 11.6 Å². The van der Waals surface area contributed by atoms with Crippen LogP contribution in [0.25, 0.3) is 0 Å². The highest BCUT2D eigenvalue weighted by atomic mass is 32.2. The van der Waals surface area contributed by atoms with Gasteiger partial charge in [0.2, 0.25) is 0 Å². The third-order valence-electron chi connectivity index (χ3n) is 2.30. The Kier molecular flexibility index (Phi) is 5.63. The SMILES string of the molecule is COc1ccc(F)cc1CSC(C)CCO. The van der Waals surface area contributed by atoms with E-state index in [1.165, 1.54) is 12.1 Å². The molecule has 0 radical (unpaired) electrons. The Hall–Kier alpha value is -0.740. The van der Waals surface area contributed by atoms with Gasteiger partial charge in [-0.1, -0.05) is 6.92 Å². The molecule has 1 aromatic rings. The van der Waals surface area contributed by atoms with E-state index >= 15 is 0 Å². The molecule has 4 heteroatoms. The number of ether oxygens (including phenoxy) is 1. The zero-order chi connectivity index (χ0) is 12.0. The number of benzene rings is 1. The first-order valence-corrected chi connectivity index (χ1v) is 6.27. The van der Waals surface area contributed by atoms with Crippen molar-refractivity contribution in [3.63, 3.8) is 0 Å². The Morgan fingerprint density at radius 3 is 2.88 bits per heavy atom. The van der Waals surface area contributed by atoms with Crippen molar-refractivity contribution in [2.24, 2.45) is 0 Å². The molecule has 0 aliphatic heterocycles. The molecule has 16 heavy (non-hydrogen) atoms. The van der Waals surface area contributed by atoms with Crippen LogP contribution in [-0.4, -0.2) is 24.1 Å². The van der Waals surface area contributed by atoms with E-state index in [1.807, 2.05) is 6.92 Å². The number of hydrogen-bond donors (Lipinski definition) is 1. The molecule has 0 aliphatic carbocycles. The first-order valence-electron chi connectivity index (χ1n) is 5.22. The number of halogens is 1. The normalized spacial score (nSPS) is 12.5. The lowest BCUT2D eigenvalue weighted by molar-refractivity contribution is 0.289. The van der Waals surface area contributed by atoms with Crippen molar-refractivity contribution in [1.29, 1.82) is 0 Å². The lowest BCUT2D eigenvalue weighted by atomic mass is 10.2. The molecule has 0 heterocycles. The molecule has 90 valence electrons. The molecule has 1 atom stereocenters. The molecule has 0 amide bonds. The first kappa shape index (κ1) is 13.3. The van der Waals surface area contributed by atoms with Crippen LogP contribution in [0.2, 0.25) is 0 Å². The molecule has 0 fully saturated rings. The molecule has 0 spiro atoms. The molecule has 1 aromatic carbocycles. The molecule has 0 saturated carbocycles. The number of aliphatic hydroxyl groups excluding tert-OH is 1. The standard InChI is InChI=1S/C12H17FO2S/c1-9(5-6-14)16-8-10-7-11(13)3-4-12(10)15-2/h3-4,7,9,14H,5-6,8H2,1-2H3. The number of hydrogen-bond acceptors (Lipinski definition) is 3. The maximum Gasteiger partial charge on any atom is 0.123 e. The summed E-state index contributed by atoms with van der Waals surface area (Å²) in [5.41, 5.74) is 0.859. The van der Waals surface area contributed by atoms with Crippen molar-refractivity contribution in [1.82, 2.24) is 0 Å². The van der Waals surface area contributed by atoms with Gasteiger partial charge in [0.25, 0.3) is 0 Å². The lowest BCUT2D eigenvalue weighted by Gasteiger charge is -2.12. The van der Waals surface area contributed by atoms with Crippen molar-refractivity contribution in [2.45, 2.75) is 24.3 Å². The summed E-state index contributed by atoms with van der Waals surface area (Å²) in [4.78, 5) is 0. The average molecular weight is 244 g/mol. The van der Waals surface area contributed by atoms with Crippen molar-refractivity contribution < 1.29 is 14.2 Å². The fourth-order valence-corrected chi connectivity index (χ4v) is 2.32. The molecule has 1 unspecified atom stereocenters. The van der Waals surface area contributed by atoms with Crippen LogP contribution >= 0.6 is 11.8 Å². The van der Waals surface area contributed by atoms with Gasteiger partial charge in [-0.25, -0.2) is 4.39 Å². The maximum absolute atomic E-state index is 13.1. The van der Waals surface area contributed by atoms with Gasteiger partial charge in [0, 0.05) is 23.2 Å². The van der Waals surface area contributed by atoms with Gasteiger partial charge in [-0.3, -0.25) is 0 Å². The van der Waals surface area contributed by atoms with Crippen LogP contribution < -0.4 is 4.74 Å². The minimum absolute atomic E-state index is 0.189. The quantitative estimate of drug-likeness (QED) is 0.834. The van der Waals surface area contributed by atoms with E-state index in [4.69, 9.17) is 9.84 Å². The second-order valence-corrected chi connectivity index (χ2v) is 5.02. The highest BCUT2D eigenvalue weighted by Gasteiger charge is 2.07. The summed E-state index contributed by atoms with van der Waals surface area (Å²) in [5, 5.41) is 9.14. The van der Waals surface area contributed by atoms with Gasteiger partial charge in [-0.15, -0.1) is 0 Å². The summed E-state index contributed by atoms with van der Waals surface area (Å²) in [6.45, 7) is 2.24. The van der Waals surface area contributed by atoms with E-state index in [2.05, 4.69) is 0 Å². The van der Waals surface area contributed by atoms with Crippen LogP contribution in [0.15, 0.2) is 18.2 Å². The molecule has 1 N–H and O–H groups in total. The smallest absolute Gasteiger partial charge is 0.123 e. The van der Waals surface area contributed by atoms with Crippen molar-refractivity contribution >= 4 is 11.8 Å². The monoisotopic (exact) mass is 244 g/mol. The van der Waals surface area contributed by atoms with Crippen molar-refractivity contribution in [3.8, 4) is 5.75 Å². The van der Waals surface area contributed by atoms with Crippen molar-refractivity contribution in [2.75, 3.05) is 13.7 Å². The second-order valence-electron chi connectivity index (χ2n) is 3.59. The number of rotatable bonds is 6. The molecular formula is C12H17FO2S. The Balaban J connectivity index is 2.61. The Labute approximate surface area is 99.8 Å². The minimum Gasteiger partial charge on any atom is -0.496 e. The van der Waals surface area contributed by atoms with Crippen LogP contribution in [0.5, 0.6) is 5.75 Å². The van der Waals surface area contributed by atoms with Gasteiger partial charge in [-0.2, -0.15) is 11.8 Å². The number of aliphatic hydroxyl groups is 1. The zero-order valence-electron chi connectivity index (χ0n) is 9.57. The third-order valence-corrected chi connectivity index (χ3v) is 3.58. The van der Waals surface area contributed by atoms with Gasteiger partial charge in [0.15, 0.2) is 0 Å². The van der Waals surface area contributed by atoms with Crippen LogP contribution in [0.3, 0.4) is 0 Å². The van der Waals surface area contributed by atoms with Crippen LogP contribution in [0.1, 0.15) is 18.9 Å². The number of thioether (sulfide) groups is 1. The summed E-state index contributed by atoms with van der Waals surface area (Å²) in [6, 6.07) is 4.53. The Morgan fingerprint density at radius 1 is 1.50 bits per heavy atom. The van der Waals surface area contributed by atoms with Gasteiger partial charge in [0.05, 0.1) is 7.11 Å². The highest BCUT2D eigenvalue weighted by molar-refractivity contribution is 7.99. The predicted octanol–water partition coefficient (Wildman–Crippen LogP) is 2.84. The Morgan fingerprint density at radius 2 is 2.25 bits per heavy atom. The average Bonchev–Trinajstić information content (AvgIpc) is 2.27. The van der Waals surface area contributed by atoms with E-state index in [0.29, 0.717) is 16.8 Å². The highest BCUT2D eigenvalue weighted by Crippen LogP contribution is 2.26. The van der Waals surface area contributed by atoms with Crippen LogP contribution in [0.4, 0.5) is 4.39 Å². The van der Waals surface area contributed by atoms with Crippen LogP contribution in [0, 0.1) is 5.82 Å². The fourth-order valence-electron chi connectivity index (χ4n) is 1.36. The van der Waals surface area contributed by atoms with E-state index in [9.17, 15) is 4.39 Å². The molecule has 1 rings (SSSR count). The van der Waals surface area contributed by atoms with Gasteiger partial charge < -0.3 is 9.84 Å². The summed E-state index contributed by atoms with van der Waals surface area (Å²) >= 11 is 1.69. The molecule has 0 aromatic heterocycles. The largest absolute Gasteiger partial charge is 0.496 e. The van der Waals surface area contributed by atoms with Crippen LogP contribution in [-0.2, 0) is 5.75 Å². The summed E-state index contributed by atoms with van der Waals surface area (Å²) < 4.78 is 18.2. The van der Waals surface area contributed by atoms with E-state index in [1.54, 1.807) is 24.9 Å². The van der Waals surface area contributed by atoms with E-state index in [-0.39, 0.29) is 12.4 Å². The van der Waals surface area contributed by atoms with E-state index in [0.717, 1.165) is 12.0 Å². The van der Waals surface area contributed by atoms with E-state index < -0.39 is 0 Å². The third kappa shape index (κ3) is 4.02. The van der Waals surface area contributed by atoms with Gasteiger partial charge >= 0.3 is 0 Å². The second kappa shape index (κ2) is 6.76. The molecule has 0 saturated heterocycles. The van der Waals surface area contributed by atoms with Gasteiger partial charge in [-0.05, 0) is 24.6 Å². The molecule has 0 bridgehead atoms. The minimum atomic E-state index is -0.244. The summed E-state index contributed by atoms with van der Waals surface area (Å²) in [6.07, 6.45) is 0.752. The molecular weight excluding hydrogens is 227 g/mol. The fraction of sp³-hybridized carbons (Fsp3) is 0.500. The maximum atomic E-state index is 13.1. The molecule has 2 nitrogen and oxygen atoms in total. The molecule has 0 aliphatic rings. The lowest BCUT2D eigenvalue weighted by Crippen LogP contribution is -2.01. The summed E-state index contributed by atoms with van der Waals surface area (Å²) in [7, 11) is 1.58.